The monoisotopic (exact) mass is 434 g/mol. The lowest BCUT2D eigenvalue weighted by atomic mass is 10.0. The van der Waals surface area contributed by atoms with Gasteiger partial charge in [-0.05, 0) is 42.8 Å². The summed E-state index contributed by atoms with van der Waals surface area (Å²) in [7, 11) is 0. The van der Waals surface area contributed by atoms with Crippen molar-refractivity contribution in [3.63, 3.8) is 0 Å². The molecule has 0 spiro atoms. The highest BCUT2D eigenvalue weighted by Crippen LogP contribution is 2.31. The van der Waals surface area contributed by atoms with E-state index in [1.165, 1.54) is 0 Å². The average molecular weight is 435 g/mol. The smallest absolute Gasteiger partial charge is 0.270 e. The molecule has 1 amide bonds. The Balaban J connectivity index is 1.28. The largest absolute Gasteiger partial charge is 0.356 e. The van der Waals surface area contributed by atoms with Gasteiger partial charge < -0.3 is 14.4 Å². The van der Waals surface area contributed by atoms with Crippen LogP contribution in [0.25, 0.3) is 22.4 Å². The second-order valence-corrected chi connectivity index (χ2v) is 7.98. The van der Waals surface area contributed by atoms with Gasteiger partial charge in [0.1, 0.15) is 11.4 Å². The molecule has 4 aromatic rings. The molecular formula is C23H19ClN4O3. The third kappa shape index (κ3) is 3.84. The van der Waals surface area contributed by atoms with Crippen LogP contribution in [0.1, 0.15) is 23.4 Å². The van der Waals surface area contributed by atoms with Crippen molar-refractivity contribution in [3.05, 3.63) is 80.9 Å². The topological polar surface area (TPSA) is 92.1 Å². The highest BCUT2D eigenvalue weighted by atomic mass is 35.5. The zero-order valence-corrected chi connectivity index (χ0v) is 17.4. The van der Waals surface area contributed by atoms with E-state index in [4.69, 9.17) is 16.1 Å². The lowest BCUT2D eigenvalue weighted by Gasteiger charge is -2.26. The van der Waals surface area contributed by atoms with Crippen LogP contribution >= 0.6 is 11.6 Å². The molecule has 1 aliphatic heterocycles. The van der Waals surface area contributed by atoms with Crippen LogP contribution in [-0.4, -0.2) is 32.5 Å². The van der Waals surface area contributed by atoms with Gasteiger partial charge in [0.05, 0.1) is 17.6 Å². The summed E-state index contributed by atoms with van der Waals surface area (Å²) in [6.45, 7) is 0.974. The molecule has 0 bridgehead atoms. The normalized spacial score (nSPS) is 13.4. The number of aromatic nitrogens is 3. The van der Waals surface area contributed by atoms with Crippen LogP contribution in [0.4, 0.5) is 0 Å². The van der Waals surface area contributed by atoms with Crippen LogP contribution < -0.4 is 5.56 Å². The van der Waals surface area contributed by atoms with Crippen molar-refractivity contribution in [2.45, 2.75) is 25.8 Å². The lowest BCUT2D eigenvalue weighted by Crippen LogP contribution is -2.36. The molecule has 1 N–H and O–H groups in total. The minimum atomic E-state index is -0.253. The van der Waals surface area contributed by atoms with Crippen molar-refractivity contribution >= 4 is 28.5 Å². The van der Waals surface area contributed by atoms with Crippen molar-refractivity contribution in [2.75, 3.05) is 6.54 Å². The molecule has 0 atom stereocenters. The van der Waals surface area contributed by atoms with Gasteiger partial charge in [0.2, 0.25) is 5.91 Å². The van der Waals surface area contributed by atoms with E-state index in [2.05, 4.69) is 15.1 Å². The number of nitrogens with one attached hydrogen (secondary N) is 1. The standard InChI is InChI=1S/C23H19ClN4O3/c24-15-7-5-14(6-8-15)22-16-11-12-28(13-20(16)27-31-22)21(29)10-9-19-23(30)26-18-4-2-1-3-17(18)25-19/h1-8H,9-13H2,(H,26,30). The molecule has 0 saturated carbocycles. The number of amides is 1. The first-order valence-electron chi connectivity index (χ1n) is 10.1. The van der Waals surface area contributed by atoms with E-state index in [1.54, 1.807) is 11.0 Å². The molecule has 0 aliphatic carbocycles. The highest BCUT2D eigenvalue weighted by molar-refractivity contribution is 6.30. The summed E-state index contributed by atoms with van der Waals surface area (Å²) in [6.07, 6.45) is 1.17. The van der Waals surface area contributed by atoms with E-state index in [0.29, 0.717) is 41.3 Å². The van der Waals surface area contributed by atoms with Gasteiger partial charge in [-0.25, -0.2) is 4.98 Å². The number of carbonyl (C=O) groups excluding carboxylic acids is 1. The second kappa shape index (κ2) is 8.00. The Morgan fingerprint density at radius 3 is 2.81 bits per heavy atom. The van der Waals surface area contributed by atoms with E-state index in [9.17, 15) is 9.59 Å². The van der Waals surface area contributed by atoms with Crippen LogP contribution in [0.2, 0.25) is 5.02 Å². The van der Waals surface area contributed by atoms with E-state index < -0.39 is 0 Å². The van der Waals surface area contributed by atoms with E-state index >= 15 is 0 Å². The predicted octanol–water partition coefficient (Wildman–Crippen LogP) is 3.75. The summed E-state index contributed by atoms with van der Waals surface area (Å²) in [6, 6.07) is 14.8. The molecule has 0 fully saturated rings. The number of hydrogen-bond donors (Lipinski definition) is 1. The Kier molecular flexibility index (Phi) is 5.03. The molecule has 7 nitrogen and oxygen atoms in total. The summed E-state index contributed by atoms with van der Waals surface area (Å²) in [4.78, 5) is 34.1. The van der Waals surface area contributed by atoms with Gasteiger partial charge in [0.15, 0.2) is 5.76 Å². The van der Waals surface area contributed by atoms with Crippen molar-refractivity contribution in [2.24, 2.45) is 0 Å². The Morgan fingerprint density at radius 2 is 1.97 bits per heavy atom. The summed E-state index contributed by atoms with van der Waals surface area (Å²) in [5, 5.41) is 4.85. The number of hydrogen-bond acceptors (Lipinski definition) is 5. The van der Waals surface area contributed by atoms with Gasteiger partial charge in [0.25, 0.3) is 5.56 Å². The summed E-state index contributed by atoms with van der Waals surface area (Å²) in [5.74, 6) is 0.696. The molecule has 2 aromatic heterocycles. The molecule has 0 radical (unpaired) electrons. The number of rotatable bonds is 4. The lowest BCUT2D eigenvalue weighted by molar-refractivity contribution is -0.132. The van der Waals surface area contributed by atoms with Crippen molar-refractivity contribution in [3.8, 4) is 11.3 Å². The molecule has 3 heterocycles. The van der Waals surface area contributed by atoms with Gasteiger partial charge in [-0.15, -0.1) is 0 Å². The Morgan fingerprint density at radius 1 is 1.16 bits per heavy atom. The molecule has 31 heavy (non-hydrogen) atoms. The number of aryl methyl sites for hydroxylation is 1. The van der Waals surface area contributed by atoms with E-state index in [-0.39, 0.29) is 24.3 Å². The number of nitrogens with zero attached hydrogens (tertiary/aromatic N) is 3. The molecule has 8 heteroatoms. The van der Waals surface area contributed by atoms with Crippen LogP contribution in [0, 0.1) is 0 Å². The average Bonchev–Trinajstić information content (AvgIpc) is 3.21. The number of fused-ring (bicyclic) bond motifs is 2. The van der Waals surface area contributed by atoms with Gasteiger partial charge in [-0.3, -0.25) is 9.59 Å². The minimum absolute atomic E-state index is 0.0314. The fourth-order valence-electron chi connectivity index (χ4n) is 3.89. The Bertz CT molecular complexity index is 1330. The Hall–Kier alpha value is -3.45. The third-order valence-corrected chi connectivity index (χ3v) is 5.80. The molecular weight excluding hydrogens is 416 g/mol. The van der Waals surface area contributed by atoms with Crippen molar-refractivity contribution < 1.29 is 9.32 Å². The molecule has 5 rings (SSSR count). The van der Waals surface area contributed by atoms with Gasteiger partial charge in [-0.1, -0.05) is 28.9 Å². The van der Waals surface area contributed by atoms with Gasteiger partial charge in [0, 0.05) is 35.5 Å². The second-order valence-electron chi connectivity index (χ2n) is 7.54. The number of carbonyl (C=O) groups is 1. The van der Waals surface area contributed by atoms with Crippen LogP contribution in [0.15, 0.2) is 57.8 Å². The number of aromatic amines is 1. The van der Waals surface area contributed by atoms with Gasteiger partial charge in [-0.2, -0.15) is 0 Å². The summed E-state index contributed by atoms with van der Waals surface area (Å²) >= 11 is 5.97. The third-order valence-electron chi connectivity index (χ3n) is 5.55. The van der Waals surface area contributed by atoms with E-state index in [0.717, 1.165) is 22.6 Å². The summed E-state index contributed by atoms with van der Waals surface area (Å²) < 4.78 is 5.57. The number of H-pyrrole nitrogens is 1. The zero-order valence-electron chi connectivity index (χ0n) is 16.6. The first-order valence-corrected chi connectivity index (χ1v) is 10.5. The maximum atomic E-state index is 12.8. The first-order chi connectivity index (χ1) is 15.1. The Labute approximate surface area is 182 Å². The van der Waals surface area contributed by atoms with Crippen molar-refractivity contribution in [1.29, 1.82) is 0 Å². The van der Waals surface area contributed by atoms with Gasteiger partial charge >= 0.3 is 0 Å². The van der Waals surface area contributed by atoms with Crippen LogP contribution in [-0.2, 0) is 24.2 Å². The van der Waals surface area contributed by atoms with Crippen LogP contribution in [0.3, 0.4) is 0 Å². The number of benzene rings is 2. The van der Waals surface area contributed by atoms with Crippen LogP contribution in [0.5, 0.6) is 0 Å². The molecule has 1 aliphatic rings. The van der Waals surface area contributed by atoms with Crippen molar-refractivity contribution in [1.82, 2.24) is 20.0 Å². The van der Waals surface area contributed by atoms with E-state index in [1.807, 2.05) is 42.5 Å². The zero-order chi connectivity index (χ0) is 21.4. The highest BCUT2D eigenvalue weighted by Gasteiger charge is 2.27. The fraction of sp³-hybridized carbons (Fsp3) is 0.217. The maximum absolute atomic E-state index is 12.8. The first kappa shape index (κ1) is 19.5. The maximum Gasteiger partial charge on any atom is 0.270 e. The number of halogens is 1. The fourth-order valence-corrected chi connectivity index (χ4v) is 4.02. The summed E-state index contributed by atoms with van der Waals surface area (Å²) in [5.41, 5.74) is 4.23. The quantitative estimate of drug-likeness (QED) is 0.528. The molecule has 156 valence electrons. The predicted molar refractivity (Wildman–Crippen MR) is 117 cm³/mol. The minimum Gasteiger partial charge on any atom is -0.356 e. The molecule has 0 saturated heterocycles. The molecule has 0 unspecified atom stereocenters. The SMILES string of the molecule is O=C(CCc1nc2ccccc2[nH]c1=O)N1CCc2c(noc2-c2ccc(Cl)cc2)C1. The molecule has 2 aromatic carbocycles. The number of para-hydroxylation sites is 2.